The summed E-state index contributed by atoms with van der Waals surface area (Å²) in [6.45, 7) is 1.53. The maximum Gasteiger partial charge on any atom is 0.126 e. The highest BCUT2D eigenvalue weighted by Crippen LogP contribution is 2.20. The minimum absolute atomic E-state index is 0.418. The number of quaternary nitrogens is 1. The number of hydrogen-bond donors (Lipinski definition) is 1. The largest absolute Gasteiger partial charge is 0.544 e. The van der Waals surface area contributed by atoms with Gasteiger partial charge in [0.1, 0.15) is 11.8 Å². The van der Waals surface area contributed by atoms with Crippen LogP contribution in [0.2, 0.25) is 0 Å². The van der Waals surface area contributed by atoms with Crippen molar-refractivity contribution in [3.63, 3.8) is 0 Å². The molecule has 106 valence electrons. The molecular formula is C15H18N2O3. The van der Waals surface area contributed by atoms with E-state index in [9.17, 15) is 9.90 Å². The average molecular weight is 274 g/mol. The van der Waals surface area contributed by atoms with Gasteiger partial charge >= 0.3 is 0 Å². The first-order chi connectivity index (χ1) is 9.54. The molecular weight excluding hydrogens is 256 g/mol. The Balaban J connectivity index is 2.78. The molecule has 0 bridgehead atoms. The molecule has 0 aliphatic carbocycles. The Morgan fingerprint density at radius 2 is 2.15 bits per heavy atom. The molecule has 0 radical (unpaired) electrons. The average Bonchev–Trinajstić information content (AvgIpc) is 2.41. The lowest BCUT2D eigenvalue weighted by Crippen LogP contribution is -3.05. The lowest BCUT2D eigenvalue weighted by molar-refractivity contribution is -0.858. The Kier molecular flexibility index (Phi) is 6.27. The summed E-state index contributed by atoms with van der Waals surface area (Å²) in [7, 11) is 4.13. The van der Waals surface area contributed by atoms with Gasteiger partial charge in [0.25, 0.3) is 0 Å². The monoisotopic (exact) mass is 274 g/mol. The SMILES string of the molecule is C[NH+](C)CCCOc1ccccc1/C=C(/C#N)C(=O)[O-]. The van der Waals surface area contributed by atoms with Crippen LogP contribution >= 0.6 is 0 Å². The summed E-state index contributed by atoms with van der Waals surface area (Å²) in [5.41, 5.74) is 0.143. The first kappa shape index (κ1) is 15.7. The third kappa shape index (κ3) is 5.12. The molecule has 1 N–H and O–H groups in total. The lowest BCUT2D eigenvalue weighted by Gasteiger charge is -2.11. The number of carboxylic acids is 1. The molecule has 5 heteroatoms. The van der Waals surface area contributed by atoms with Crippen LogP contribution in [-0.2, 0) is 4.79 Å². The highest BCUT2D eigenvalue weighted by atomic mass is 16.5. The van der Waals surface area contributed by atoms with Crippen molar-refractivity contribution < 1.29 is 19.5 Å². The van der Waals surface area contributed by atoms with E-state index in [4.69, 9.17) is 10.00 Å². The van der Waals surface area contributed by atoms with E-state index in [0.717, 1.165) is 13.0 Å². The molecule has 0 spiro atoms. The van der Waals surface area contributed by atoms with E-state index in [-0.39, 0.29) is 0 Å². The van der Waals surface area contributed by atoms with Crippen LogP contribution in [0, 0.1) is 11.3 Å². The maximum absolute atomic E-state index is 10.7. The van der Waals surface area contributed by atoms with Gasteiger partial charge in [0.15, 0.2) is 0 Å². The smallest absolute Gasteiger partial charge is 0.126 e. The number of nitriles is 1. The minimum Gasteiger partial charge on any atom is -0.544 e. The molecule has 0 saturated heterocycles. The Hall–Kier alpha value is -2.32. The summed E-state index contributed by atoms with van der Waals surface area (Å²) in [5.74, 6) is -0.922. The first-order valence-corrected chi connectivity index (χ1v) is 6.38. The molecule has 0 heterocycles. The van der Waals surface area contributed by atoms with E-state index < -0.39 is 11.5 Å². The number of nitrogens with zero attached hydrogens (tertiary/aromatic N) is 1. The highest BCUT2D eigenvalue weighted by Gasteiger charge is 2.04. The summed E-state index contributed by atoms with van der Waals surface area (Å²) in [5, 5.41) is 19.5. The Labute approximate surface area is 118 Å². The van der Waals surface area contributed by atoms with Gasteiger partial charge in [0, 0.05) is 12.0 Å². The third-order valence-corrected chi connectivity index (χ3v) is 2.64. The van der Waals surface area contributed by atoms with E-state index in [1.165, 1.54) is 11.0 Å². The number of hydrogen-bond acceptors (Lipinski definition) is 4. The van der Waals surface area contributed by atoms with Gasteiger partial charge < -0.3 is 19.5 Å². The number of aliphatic carboxylic acids is 1. The van der Waals surface area contributed by atoms with Gasteiger partial charge in [-0.1, -0.05) is 18.2 Å². The number of carbonyl (C=O) groups is 1. The zero-order valence-electron chi connectivity index (χ0n) is 11.7. The molecule has 20 heavy (non-hydrogen) atoms. The van der Waals surface area contributed by atoms with Crippen molar-refractivity contribution in [3.05, 3.63) is 35.4 Å². The Morgan fingerprint density at radius 1 is 1.45 bits per heavy atom. The van der Waals surface area contributed by atoms with Crippen molar-refractivity contribution in [1.29, 1.82) is 5.26 Å². The summed E-state index contributed by atoms with van der Waals surface area (Å²) in [6.07, 6.45) is 2.16. The van der Waals surface area contributed by atoms with Crippen LogP contribution in [0.5, 0.6) is 5.75 Å². The van der Waals surface area contributed by atoms with E-state index in [0.29, 0.717) is 17.9 Å². The van der Waals surface area contributed by atoms with Gasteiger partial charge in [0.2, 0.25) is 0 Å². The molecule has 0 aromatic heterocycles. The summed E-state index contributed by atoms with van der Waals surface area (Å²) < 4.78 is 5.63. The number of ether oxygens (including phenoxy) is 1. The van der Waals surface area contributed by atoms with Crippen molar-refractivity contribution in [3.8, 4) is 11.8 Å². The second-order valence-corrected chi connectivity index (χ2v) is 4.65. The van der Waals surface area contributed by atoms with Crippen LogP contribution in [0.25, 0.3) is 6.08 Å². The molecule has 5 nitrogen and oxygen atoms in total. The molecule has 0 aliphatic heterocycles. The molecule has 0 unspecified atom stereocenters. The maximum atomic E-state index is 10.7. The van der Waals surface area contributed by atoms with Crippen molar-refractivity contribution >= 4 is 12.0 Å². The molecule has 0 fully saturated rings. The minimum atomic E-state index is -1.49. The Bertz CT molecular complexity index is 530. The van der Waals surface area contributed by atoms with Crippen LogP contribution in [-0.4, -0.2) is 33.2 Å². The molecule has 1 aromatic carbocycles. The number of rotatable bonds is 7. The van der Waals surface area contributed by atoms with E-state index >= 15 is 0 Å². The van der Waals surface area contributed by atoms with E-state index in [2.05, 4.69) is 14.1 Å². The van der Waals surface area contributed by atoms with Crippen molar-refractivity contribution in [2.24, 2.45) is 0 Å². The van der Waals surface area contributed by atoms with Crippen LogP contribution in [0.4, 0.5) is 0 Å². The normalized spacial score (nSPS) is 11.2. The van der Waals surface area contributed by atoms with Gasteiger partial charge in [-0.15, -0.1) is 0 Å². The van der Waals surface area contributed by atoms with E-state index in [1.807, 2.05) is 0 Å². The summed E-state index contributed by atoms with van der Waals surface area (Å²) >= 11 is 0. The van der Waals surface area contributed by atoms with Gasteiger partial charge in [-0.25, -0.2) is 0 Å². The molecule has 0 aliphatic rings. The van der Waals surface area contributed by atoms with Gasteiger partial charge in [-0.05, 0) is 12.1 Å². The quantitative estimate of drug-likeness (QED) is 0.403. The molecule has 1 aromatic rings. The van der Waals surface area contributed by atoms with Crippen LogP contribution in [0.3, 0.4) is 0 Å². The van der Waals surface area contributed by atoms with Crippen LogP contribution < -0.4 is 14.7 Å². The number of nitrogens with one attached hydrogen (secondary N) is 1. The molecule has 0 saturated carbocycles. The van der Waals surface area contributed by atoms with Crippen molar-refractivity contribution in [1.82, 2.24) is 0 Å². The van der Waals surface area contributed by atoms with Crippen molar-refractivity contribution in [2.75, 3.05) is 27.2 Å². The highest BCUT2D eigenvalue weighted by molar-refractivity contribution is 5.95. The zero-order chi connectivity index (χ0) is 15.0. The topological polar surface area (TPSA) is 77.6 Å². The fourth-order valence-electron chi connectivity index (χ4n) is 1.63. The number of benzene rings is 1. The predicted octanol–water partition coefficient (Wildman–Crippen LogP) is -0.743. The second-order valence-electron chi connectivity index (χ2n) is 4.65. The standard InChI is InChI=1S/C15H18N2O3/c1-17(2)8-5-9-20-14-7-4-3-6-12(14)10-13(11-16)15(18)19/h3-4,6-7,10H,5,8-9H2,1-2H3,(H,18,19)/b13-10-. The third-order valence-electron chi connectivity index (χ3n) is 2.64. The van der Waals surface area contributed by atoms with Crippen LogP contribution in [0.15, 0.2) is 29.8 Å². The summed E-state index contributed by atoms with van der Waals surface area (Å²) in [4.78, 5) is 12.1. The van der Waals surface area contributed by atoms with Gasteiger partial charge in [-0.2, -0.15) is 5.26 Å². The summed E-state index contributed by atoms with van der Waals surface area (Å²) in [6, 6.07) is 8.61. The predicted molar refractivity (Wildman–Crippen MR) is 72.8 cm³/mol. The number of para-hydroxylation sites is 1. The molecule has 1 rings (SSSR count). The molecule has 0 amide bonds. The lowest BCUT2D eigenvalue weighted by atomic mass is 10.1. The van der Waals surface area contributed by atoms with E-state index in [1.54, 1.807) is 30.3 Å². The number of carboxylic acid groups (broad SMARTS) is 1. The molecule has 0 atom stereocenters. The number of carbonyl (C=O) groups excluding carboxylic acids is 1. The van der Waals surface area contributed by atoms with Gasteiger partial charge in [-0.3, -0.25) is 0 Å². The zero-order valence-corrected chi connectivity index (χ0v) is 11.7. The fourth-order valence-corrected chi connectivity index (χ4v) is 1.63. The van der Waals surface area contributed by atoms with Gasteiger partial charge in [0.05, 0.1) is 38.8 Å². The first-order valence-electron chi connectivity index (χ1n) is 6.38. The Morgan fingerprint density at radius 3 is 2.75 bits per heavy atom. The fraction of sp³-hybridized carbons (Fsp3) is 0.333. The van der Waals surface area contributed by atoms with Crippen molar-refractivity contribution in [2.45, 2.75) is 6.42 Å². The van der Waals surface area contributed by atoms with Crippen LogP contribution in [0.1, 0.15) is 12.0 Å². The second kappa shape index (κ2) is 7.97.